The third-order valence-corrected chi connectivity index (χ3v) is 12.4. The first-order chi connectivity index (χ1) is 31.7. The maximum Gasteiger partial charge on any atom is 0.311 e. The Morgan fingerprint density at radius 1 is 0.418 bits per heavy atom. The molecule has 0 saturated carbocycles. The van der Waals surface area contributed by atoms with Gasteiger partial charge in [-0.1, -0.05) is 51.0 Å². The van der Waals surface area contributed by atoms with Crippen molar-refractivity contribution in [2.75, 3.05) is 13.1 Å². The molecule has 4 amide bonds. The van der Waals surface area contributed by atoms with Crippen molar-refractivity contribution in [2.24, 2.45) is 0 Å². The van der Waals surface area contributed by atoms with Gasteiger partial charge in [0.2, 0.25) is 0 Å². The van der Waals surface area contributed by atoms with E-state index >= 15 is 0 Å². The zero-order valence-corrected chi connectivity index (χ0v) is 40.5. The van der Waals surface area contributed by atoms with Gasteiger partial charge in [0.05, 0.1) is 0 Å². The number of esters is 2. The van der Waals surface area contributed by atoms with Gasteiger partial charge in [-0.25, -0.2) is 0 Å². The van der Waals surface area contributed by atoms with E-state index in [-0.39, 0.29) is 53.8 Å². The Kier molecular flexibility index (Phi) is 15.7. The number of carbonyl (C=O) groups is 6. The van der Waals surface area contributed by atoms with Crippen LogP contribution >= 0.6 is 0 Å². The summed E-state index contributed by atoms with van der Waals surface area (Å²) in [7, 11) is 0. The van der Waals surface area contributed by atoms with Gasteiger partial charge in [-0.3, -0.25) is 38.6 Å². The van der Waals surface area contributed by atoms with Crippen molar-refractivity contribution < 1.29 is 47.7 Å². The van der Waals surface area contributed by atoms with Crippen molar-refractivity contribution in [1.29, 1.82) is 0 Å². The molecule has 12 heteroatoms. The van der Waals surface area contributed by atoms with Crippen LogP contribution in [0.5, 0.6) is 34.5 Å². The number of imide groups is 2. The summed E-state index contributed by atoms with van der Waals surface area (Å²) in [5, 5.41) is 0. The SMILES string of the molecule is Cc1cc(Oc2c(C)cc(C(C)(C)c3cc(C)c(Oc4cc(C)c(OC(=O)CCCCCN5C(=O)C=CC5=O)c(C)c4)c(C)c3)cc2C)cc(C)c1OC(=O)CCCCCN1C(=O)C=CC1=O. The molecule has 352 valence electrons. The molecule has 0 radical (unpaired) electrons. The van der Waals surface area contributed by atoms with E-state index in [1.54, 1.807) is 0 Å². The second-order valence-corrected chi connectivity index (χ2v) is 18.4. The summed E-state index contributed by atoms with van der Waals surface area (Å²) in [6.45, 7) is 20.9. The van der Waals surface area contributed by atoms with E-state index in [9.17, 15) is 28.8 Å². The number of carbonyl (C=O) groups excluding carboxylic acids is 6. The van der Waals surface area contributed by atoms with E-state index < -0.39 is 0 Å². The molecule has 2 aliphatic heterocycles. The van der Waals surface area contributed by atoms with E-state index in [2.05, 4.69) is 38.1 Å². The van der Waals surface area contributed by atoms with Gasteiger partial charge in [0.1, 0.15) is 34.5 Å². The third-order valence-electron chi connectivity index (χ3n) is 12.4. The normalized spacial score (nSPS) is 13.6. The lowest BCUT2D eigenvalue weighted by atomic mass is 9.76. The van der Waals surface area contributed by atoms with E-state index in [1.165, 1.54) is 34.1 Å². The Hall–Kier alpha value is -6.82. The number of rotatable bonds is 20. The summed E-state index contributed by atoms with van der Waals surface area (Å²) in [5.41, 5.74) is 8.97. The van der Waals surface area contributed by atoms with Crippen LogP contribution < -0.4 is 18.9 Å². The fraction of sp³-hybridized carbons (Fsp3) is 0.382. The number of amides is 4. The molecule has 0 spiro atoms. The molecule has 12 nitrogen and oxygen atoms in total. The molecule has 0 fully saturated rings. The summed E-state index contributed by atoms with van der Waals surface area (Å²) in [5.74, 6) is 1.99. The Morgan fingerprint density at radius 3 is 1.00 bits per heavy atom. The lowest BCUT2D eigenvalue weighted by Gasteiger charge is -2.29. The van der Waals surface area contributed by atoms with Gasteiger partial charge < -0.3 is 18.9 Å². The molecule has 4 aromatic rings. The molecule has 2 aliphatic rings. The largest absolute Gasteiger partial charge is 0.457 e. The lowest BCUT2D eigenvalue weighted by molar-refractivity contribution is -0.138. The highest BCUT2D eigenvalue weighted by molar-refractivity contribution is 6.13. The quantitative estimate of drug-likeness (QED) is 0.0363. The zero-order valence-electron chi connectivity index (χ0n) is 40.5. The van der Waals surface area contributed by atoms with Crippen molar-refractivity contribution in [3.05, 3.63) is 128 Å². The summed E-state index contributed by atoms with van der Waals surface area (Å²) >= 11 is 0. The van der Waals surface area contributed by atoms with E-state index in [0.29, 0.717) is 74.6 Å². The maximum atomic E-state index is 12.8. The standard InChI is InChI=1S/C55H62N2O10/c1-33-25-41(26-34(2)51(33)64-43-29-37(5)53(38(6)30-43)66-49(62)17-13-11-15-23-56-45(58)19-20-46(56)59)55(9,10)42-27-35(3)52(36(4)28-42)65-44-31-39(7)54(40(8)32-44)67-50(63)18-14-12-16-24-57-47(60)21-22-48(57)61/h19-22,25-32H,11-18,23-24H2,1-10H3. The molecule has 0 atom stereocenters. The maximum absolute atomic E-state index is 12.8. The number of ether oxygens (including phenoxy) is 4. The molecule has 0 bridgehead atoms. The highest BCUT2D eigenvalue weighted by Gasteiger charge is 2.28. The van der Waals surface area contributed by atoms with E-state index in [1.807, 2.05) is 79.7 Å². The molecule has 67 heavy (non-hydrogen) atoms. The average Bonchev–Trinajstić information content (AvgIpc) is 3.76. The van der Waals surface area contributed by atoms with E-state index in [0.717, 1.165) is 67.1 Å². The smallest absolute Gasteiger partial charge is 0.311 e. The first kappa shape index (κ1) is 49.6. The van der Waals surface area contributed by atoms with Crippen LogP contribution in [0, 0.1) is 55.4 Å². The minimum absolute atomic E-state index is 0.228. The number of hydrogen-bond donors (Lipinski definition) is 0. The Balaban J connectivity index is 1.04. The molecule has 4 aromatic carbocycles. The second-order valence-electron chi connectivity index (χ2n) is 18.4. The highest BCUT2D eigenvalue weighted by Crippen LogP contribution is 2.42. The molecular formula is C55H62N2O10. The minimum Gasteiger partial charge on any atom is -0.457 e. The molecule has 0 N–H and O–H groups in total. The summed E-state index contributed by atoms with van der Waals surface area (Å²) in [6, 6.07) is 16.2. The number of nitrogens with zero attached hydrogens (tertiary/aromatic N) is 2. The number of aryl methyl sites for hydroxylation is 8. The van der Waals surface area contributed by atoms with Crippen molar-refractivity contribution in [3.8, 4) is 34.5 Å². The molecule has 0 unspecified atom stereocenters. The summed E-state index contributed by atoms with van der Waals surface area (Å²) in [6.07, 6.45) is 9.35. The van der Waals surface area contributed by atoms with E-state index in [4.69, 9.17) is 18.9 Å². The lowest BCUT2D eigenvalue weighted by Crippen LogP contribution is -2.30. The monoisotopic (exact) mass is 910 g/mol. The molecule has 0 saturated heterocycles. The Morgan fingerprint density at radius 2 is 0.701 bits per heavy atom. The molecule has 0 aromatic heterocycles. The highest BCUT2D eigenvalue weighted by atomic mass is 16.5. The fourth-order valence-electron chi connectivity index (χ4n) is 8.67. The van der Waals surface area contributed by atoms with Gasteiger partial charge in [0.25, 0.3) is 23.6 Å². The molecule has 2 heterocycles. The van der Waals surface area contributed by atoms with Crippen LogP contribution in [0.1, 0.15) is 121 Å². The van der Waals surface area contributed by atoms with Crippen LogP contribution in [-0.2, 0) is 34.2 Å². The molecule has 0 aliphatic carbocycles. The fourth-order valence-corrected chi connectivity index (χ4v) is 8.67. The number of hydrogen-bond acceptors (Lipinski definition) is 10. The van der Waals surface area contributed by atoms with Crippen molar-refractivity contribution in [2.45, 2.75) is 126 Å². The predicted octanol–water partition coefficient (Wildman–Crippen LogP) is 10.8. The van der Waals surface area contributed by atoms with Crippen molar-refractivity contribution in [1.82, 2.24) is 9.80 Å². The first-order valence-corrected chi connectivity index (χ1v) is 23.0. The molecular weight excluding hydrogens is 849 g/mol. The van der Waals surface area contributed by atoms with Crippen LogP contribution in [0.3, 0.4) is 0 Å². The van der Waals surface area contributed by atoms with Crippen LogP contribution in [0.25, 0.3) is 0 Å². The van der Waals surface area contributed by atoms with Gasteiger partial charge in [-0.2, -0.15) is 0 Å². The van der Waals surface area contributed by atoms with Gasteiger partial charge in [0, 0.05) is 55.7 Å². The summed E-state index contributed by atoms with van der Waals surface area (Å²) < 4.78 is 24.6. The van der Waals surface area contributed by atoms with Crippen molar-refractivity contribution in [3.63, 3.8) is 0 Å². The average molecular weight is 911 g/mol. The first-order valence-electron chi connectivity index (χ1n) is 23.0. The Labute approximate surface area is 393 Å². The zero-order chi connectivity index (χ0) is 48.7. The third kappa shape index (κ3) is 12.0. The van der Waals surface area contributed by atoms with Crippen LogP contribution in [0.4, 0.5) is 0 Å². The summed E-state index contributed by atoms with van der Waals surface area (Å²) in [4.78, 5) is 74.9. The number of unbranched alkanes of at least 4 members (excludes halogenated alkanes) is 4. The number of benzene rings is 4. The molecule has 6 rings (SSSR count). The second kappa shape index (κ2) is 21.2. The van der Waals surface area contributed by atoms with Crippen LogP contribution in [-0.4, -0.2) is 58.5 Å². The minimum atomic E-state index is -0.369. The van der Waals surface area contributed by atoms with Gasteiger partial charge in [-0.15, -0.1) is 0 Å². The van der Waals surface area contributed by atoms with Crippen LogP contribution in [0.15, 0.2) is 72.8 Å². The topological polar surface area (TPSA) is 146 Å². The van der Waals surface area contributed by atoms with Gasteiger partial charge in [0.15, 0.2) is 0 Å². The van der Waals surface area contributed by atoms with Gasteiger partial charge >= 0.3 is 11.9 Å². The van der Waals surface area contributed by atoms with Crippen LogP contribution in [0.2, 0.25) is 0 Å². The van der Waals surface area contributed by atoms with Gasteiger partial charge in [-0.05, 0) is 161 Å². The Bertz CT molecular complexity index is 2380. The van der Waals surface area contributed by atoms with Crippen molar-refractivity contribution >= 4 is 35.6 Å². The predicted molar refractivity (Wildman–Crippen MR) is 256 cm³/mol.